The summed E-state index contributed by atoms with van der Waals surface area (Å²) in [4.78, 5) is 0. The molecule has 0 fully saturated rings. The summed E-state index contributed by atoms with van der Waals surface area (Å²) in [6.07, 6.45) is 4.90. The Morgan fingerprint density at radius 1 is 1.53 bits per heavy atom. The largest absolute Gasteiger partial charge is 0.396 e. The monoisotopic (exact) mass is 211 g/mol. The molecule has 0 saturated heterocycles. The lowest BCUT2D eigenvalue weighted by molar-refractivity contribution is 0.208. The highest BCUT2D eigenvalue weighted by molar-refractivity contribution is 5.03. The van der Waals surface area contributed by atoms with Gasteiger partial charge in [-0.25, -0.2) is 0 Å². The predicted octanol–water partition coefficient (Wildman–Crippen LogP) is 0.569. The van der Waals surface area contributed by atoms with Gasteiger partial charge in [-0.05, 0) is 31.4 Å². The minimum absolute atomic E-state index is 0.237. The molecular formula is C11H21N3O. The molecule has 0 bridgehead atoms. The Labute approximate surface area is 91.3 Å². The van der Waals surface area contributed by atoms with Gasteiger partial charge in [0.25, 0.3) is 0 Å². The molecule has 0 radical (unpaired) electrons. The second-order valence-corrected chi connectivity index (χ2v) is 4.17. The third-order valence-corrected chi connectivity index (χ3v) is 2.78. The summed E-state index contributed by atoms with van der Waals surface area (Å²) in [7, 11) is 1.92. The van der Waals surface area contributed by atoms with E-state index in [1.807, 2.05) is 31.0 Å². The molecule has 0 aromatic carbocycles. The zero-order valence-corrected chi connectivity index (χ0v) is 9.77. The molecule has 1 aromatic rings. The summed E-state index contributed by atoms with van der Waals surface area (Å²) in [5.74, 6) is 0.305. The van der Waals surface area contributed by atoms with Crippen molar-refractivity contribution in [2.24, 2.45) is 13.0 Å². The number of hydrogen-bond donors (Lipinski definition) is 2. The number of nitrogens with one attached hydrogen (secondary N) is 1. The van der Waals surface area contributed by atoms with Crippen LogP contribution in [0, 0.1) is 5.92 Å². The molecule has 0 amide bonds. The van der Waals surface area contributed by atoms with Crippen LogP contribution < -0.4 is 5.32 Å². The highest BCUT2D eigenvalue weighted by Crippen LogP contribution is 2.01. The van der Waals surface area contributed by atoms with E-state index >= 15 is 0 Å². The third-order valence-electron chi connectivity index (χ3n) is 2.78. The highest BCUT2D eigenvalue weighted by Gasteiger charge is 2.09. The molecule has 1 rings (SSSR count). The molecule has 1 heterocycles. The second-order valence-electron chi connectivity index (χ2n) is 4.17. The van der Waals surface area contributed by atoms with Gasteiger partial charge in [0.15, 0.2) is 0 Å². The summed E-state index contributed by atoms with van der Waals surface area (Å²) in [6.45, 7) is 5.31. The van der Waals surface area contributed by atoms with Crippen molar-refractivity contribution in [3.8, 4) is 0 Å². The van der Waals surface area contributed by atoms with E-state index in [4.69, 9.17) is 5.11 Å². The first-order valence-corrected chi connectivity index (χ1v) is 5.45. The molecule has 86 valence electrons. The molecule has 1 aromatic heterocycles. The molecule has 0 aliphatic rings. The van der Waals surface area contributed by atoms with Gasteiger partial charge >= 0.3 is 0 Å². The first-order valence-electron chi connectivity index (χ1n) is 5.45. The number of hydrogen-bond acceptors (Lipinski definition) is 3. The molecule has 2 atom stereocenters. The van der Waals surface area contributed by atoms with E-state index in [1.54, 1.807) is 0 Å². The summed E-state index contributed by atoms with van der Waals surface area (Å²) in [5.41, 5.74) is 1.24. The van der Waals surface area contributed by atoms with Crippen molar-refractivity contribution in [3.63, 3.8) is 0 Å². The maximum Gasteiger partial charge on any atom is 0.0522 e. The van der Waals surface area contributed by atoms with Crippen LogP contribution in [0.15, 0.2) is 12.4 Å². The lowest BCUT2D eigenvalue weighted by Gasteiger charge is -2.18. The van der Waals surface area contributed by atoms with Crippen LogP contribution in [0.1, 0.15) is 19.4 Å². The van der Waals surface area contributed by atoms with Crippen molar-refractivity contribution in [2.75, 3.05) is 13.2 Å². The van der Waals surface area contributed by atoms with E-state index in [9.17, 15) is 0 Å². The van der Waals surface area contributed by atoms with E-state index < -0.39 is 0 Å². The summed E-state index contributed by atoms with van der Waals surface area (Å²) in [6, 6.07) is 0.353. The Kier molecular flexibility index (Phi) is 4.78. The van der Waals surface area contributed by atoms with E-state index in [1.165, 1.54) is 5.56 Å². The quantitative estimate of drug-likeness (QED) is 0.723. The maximum absolute atomic E-state index is 8.97. The van der Waals surface area contributed by atoms with Gasteiger partial charge < -0.3 is 10.4 Å². The van der Waals surface area contributed by atoms with Crippen molar-refractivity contribution in [2.45, 2.75) is 26.3 Å². The van der Waals surface area contributed by atoms with Crippen LogP contribution in [0.2, 0.25) is 0 Å². The average molecular weight is 211 g/mol. The maximum atomic E-state index is 8.97. The van der Waals surface area contributed by atoms with Crippen LogP contribution in [0.3, 0.4) is 0 Å². The van der Waals surface area contributed by atoms with Crippen LogP contribution >= 0.6 is 0 Å². The number of aliphatic hydroxyl groups is 1. The van der Waals surface area contributed by atoms with Crippen LogP contribution in [0.4, 0.5) is 0 Å². The minimum atomic E-state index is 0.237. The van der Waals surface area contributed by atoms with Gasteiger partial charge in [0.05, 0.1) is 6.20 Å². The Bertz CT molecular complexity index is 285. The smallest absolute Gasteiger partial charge is 0.0522 e. The lowest BCUT2D eigenvalue weighted by Crippen LogP contribution is -2.35. The molecule has 0 aliphatic heterocycles. The van der Waals surface area contributed by atoms with Gasteiger partial charge in [0.1, 0.15) is 0 Å². The Balaban J connectivity index is 2.21. The van der Waals surface area contributed by atoms with E-state index in [0.29, 0.717) is 12.0 Å². The SMILES string of the molecule is CC(CO)C(C)NCCc1cnn(C)c1. The van der Waals surface area contributed by atoms with E-state index in [-0.39, 0.29) is 6.61 Å². The van der Waals surface area contributed by atoms with Gasteiger partial charge in [0.2, 0.25) is 0 Å². The second kappa shape index (κ2) is 5.88. The van der Waals surface area contributed by atoms with Crippen LogP contribution in [-0.4, -0.2) is 34.1 Å². The van der Waals surface area contributed by atoms with Gasteiger partial charge in [-0.15, -0.1) is 0 Å². The molecule has 0 aliphatic carbocycles. The van der Waals surface area contributed by atoms with Gasteiger partial charge in [-0.3, -0.25) is 4.68 Å². The summed E-state index contributed by atoms with van der Waals surface area (Å²) >= 11 is 0. The number of aromatic nitrogens is 2. The molecule has 0 saturated carbocycles. The number of aryl methyl sites for hydroxylation is 1. The normalized spacial score (nSPS) is 15.2. The zero-order chi connectivity index (χ0) is 11.3. The van der Waals surface area contributed by atoms with Gasteiger partial charge in [-0.1, -0.05) is 6.92 Å². The number of nitrogens with zero attached hydrogens (tertiary/aromatic N) is 2. The number of aliphatic hydroxyl groups excluding tert-OH is 1. The predicted molar refractivity (Wildman–Crippen MR) is 60.6 cm³/mol. The Morgan fingerprint density at radius 3 is 2.80 bits per heavy atom. The molecule has 4 heteroatoms. The van der Waals surface area contributed by atoms with Gasteiger partial charge in [0, 0.05) is 25.9 Å². The Hall–Kier alpha value is -0.870. The third kappa shape index (κ3) is 4.01. The molecular weight excluding hydrogens is 190 g/mol. The topological polar surface area (TPSA) is 50.1 Å². The highest BCUT2D eigenvalue weighted by atomic mass is 16.3. The van der Waals surface area contributed by atoms with Crippen molar-refractivity contribution in [1.82, 2.24) is 15.1 Å². The lowest BCUT2D eigenvalue weighted by atomic mass is 10.1. The van der Waals surface area contributed by atoms with Gasteiger partial charge in [-0.2, -0.15) is 5.10 Å². The van der Waals surface area contributed by atoms with Crippen molar-refractivity contribution < 1.29 is 5.11 Å². The van der Waals surface area contributed by atoms with Crippen LogP contribution in [-0.2, 0) is 13.5 Å². The molecule has 2 N–H and O–H groups in total. The fraction of sp³-hybridized carbons (Fsp3) is 0.727. The van der Waals surface area contributed by atoms with E-state index in [0.717, 1.165) is 13.0 Å². The minimum Gasteiger partial charge on any atom is -0.396 e. The fourth-order valence-electron chi connectivity index (χ4n) is 1.40. The summed E-state index contributed by atoms with van der Waals surface area (Å²) in [5, 5.41) is 16.5. The summed E-state index contributed by atoms with van der Waals surface area (Å²) < 4.78 is 1.81. The van der Waals surface area contributed by atoms with Crippen LogP contribution in [0.5, 0.6) is 0 Å². The average Bonchev–Trinajstić information content (AvgIpc) is 2.63. The Morgan fingerprint density at radius 2 is 2.27 bits per heavy atom. The van der Waals surface area contributed by atoms with Crippen molar-refractivity contribution in [1.29, 1.82) is 0 Å². The molecule has 0 spiro atoms. The van der Waals surface area contributed by atoms with Crippen molar-refractivity contribution in [3.05, 3.63) is 18.0 Å². The molecule has 2 unspecified atom stereocenters. The van der Waals surface area contributed by atoms with Crippen LogP contribution in [0.25, 0.3) is 0 Å². The van der Waals surface area contributed by atoms with E-state index in [2.05, 4.69) is 17.3 Å². The van der Waals surface area contributed by atoms with Crippen molar-refractivity contribution >= 4 is 0 Å². The molecule has 15 heavy (non-hydrogen) atoms. The fourth-order valence-corrected chi connectivity index (χ4v) is 1.40. The first-order chi connectivity index (χ1) is 7.13. The first kappa shape index (κ1) is 12.2. The zero-order valence-electron chi connectivity index (χ0n) is 9.77. The number of rotatable bonds is 6. The molecule has 4 nitrogen and oxygen atoms in total. The standard InChI is InChI=1S/C11H21N3O/c1-9(8-15)10(2)12-5-4-11-6-13-14(3)7-11/h6-7,9-10,12,15H,4-5,8H2,1-3H3.